The van der Waals surface area contributed by atoms with Crippen molar-refractivity contribution in [3.8, 4) is 0 Å². The van der Waals surface area contributed by atoms with Crippen LogP contribution in [0.2, 0.25) is 0 Å². The van der Waals surface area contributed by atoms with Crippen molar-refractivity contribution < 1.29 is 34.2 Å². The molecular weight excluding hydrogens is 370 g/mol. The molecule has 4 amide bonds. The third-order valence-electron chi connectivity index (χ3n) is 3.09. The number of nitrogens with one attached hydrogen (secondary N) is 3. The number of amides is 4. The van der Waals surface area contributed by atoms with E-state index in [2.05, 4.69) is 28.6 Å². The van der Waals surface area contributed by atoms with Crippen molar-refractivity contribution >= 4 is 42.2 Å². The average molecular weight is 393 g/mol. The van der Waals surface area contributed by atoms with Crippen LogP contribution in [0.1, 0.15) is 12.8 Å². The monoisotopic (exact) mass is 393 g/mol. The molecule has 0 bridgehead atoms. The van der Waals surface area contributed by atoms with Crippen LogP contribution in [0.4, 0.5) is 0 Å². The van der Waals surface area contributed by atoms with Crippen LogP contribution < -0.4 is 27.4 Å². The average Bonchev–Trinajstić information content (AvgIpc) is 2.59. The van der Waals surface area contributed by atoms with Gasteiger partial charge in [0.1, 0.15) is 12.1 Å². The molecule has 148 valence electrons. The second-order valence-electron chi connectivity index (χ2n) is 5.21. The lowest BCUT2D eigenvalue weighted by atomic mass is 10.1. The summed E-state index contributed by atoms with van der Waals surface area (Å²) in [7, 11) is 0. The molecule has 0 aromatic heterocycles. The highest BCUT2D eigenvalue weighted by molar-refractivity contribution is 7.80. The Balaban J connectivity index is 4.47. The molecule has 13 heteroatoms. The van der Waals surface area contributed by atoms with Crippen LogP contribution in [0.25, 0.3) is 0 Å². The highest BCUT2D eigenvalue weighted by atomic mass is 32.1. The Labute approximate surface area is 154 Å². The van der Waals surface area contributed by atoms with Gasteiger partial charge in [-0.05, 0) is 6.42 Å². The predicted molar refractivity (Wildman–Crippen MR) is 91.8 cm³/mol. The van der Waals surface area contributed by atoms with Crippen molar-refractivity contribution in [1.29, 1.82) is 0 Å². The van der Waals surface area contributed by atoms with E-state index < -0.39 is 60.9 Å². The minimum Gasteiger partial charge on any atom is -0.480 e. The van der Waals surface area contributed by atoms with E-state index in [0.717, 1.165) is 0 Å². The number of aliphatic hydroxyl groups is 1. The Morgan fingerprint density at radius 2 is 1.65 bits per heavy atom. The lowest BCUT2D eigenvalue weighted by Gasteiger charge is -2.19. The Morgan fingerprint density at radius 1 is 1.04 bits per heavy atom. The number of hydrogen-bond donors (Lipinski definition) is 8. The lowest BCUT2D eigenvalue weighted by molar-refractivity contribution is -0.141. The van der Waals surface area contributed by atoms with E-state index >= 15 is 0 Å². The van der Waals surface area contributed by atoms with Gasteiger partial charge in [-0.25, -0.2) is 4.79 Å². The SMILES string of the molecule is NC(=O)CCC(N)C(=O)NC(CO)C(=O)NCC(=O)NC(CS)C(=O)O. The van der Waals surface area contributed by atoms with Crippen molar-refractivity contribution in [3.63, 3.8) is 0 Å². The standard InChI is InChI=1S/C13H23N5O7S/c14-6(1-2-9(15)20)11(22)18-7(4-19)12(23)16-3-10(21)17-8(5-26)13(24)25/h6-8,19,26H,1-5,14H2,(H2,15,20)(H,16,23)(H,17,21)(H,18,22)(H,24,25). The van der Waals surface area contributed by atoms with Crippen LogP contribution in [0.3, 0.4) is 0 Å². The summed E-state index contributed by atoms with van der Waals surface area (Å²) < 4.78 is 0. The zero-order chi connectivity index (χ0) is 20.3. The van der Waals surface area contributed by atoms with Crippen molar-refractivity contribution in [2.45, 2.75) is 31.0 Å². The van der Waals surface area contributed by atoms with Crippen molar-refractivity contribution in [2.24, 2.45) is 11.5 Å². The highest BCUT2D eigenvalue weighted by Crippen LogP contribution is 1.95. The van der Waals surface area contributed by atoms with Crippen LogP contribution in [0, 0.1) is 0 Å². The largest absolute Gasteiger partial charge is 0.480 e. The van der Waals surface area contributed by atoms with Crippen LogP contribution >= 0.6 is 12.6 Å². The van der Waals surface area contributed by atoms with Gasteiger partial charge in [0, 0.05) is 12.2 Å². The molecule has 0 spiro atoms. The maximum atomic E-state index is 11.9. The van der Waals surface area contributed by atoms with Gasteiger partial charge in [-0.3, -0.25) is 19.2 Å². The summed E-state index contributed by atoms with van der Waals surface area (Å²) in [5, 5.41) is 24.4. The molecule has 0 aliphatic rings. The first-order valence-corrected chi connectivity index (χ1v) is 8.11. The molecule has 0 aromatic rings. The second-order valence-corrected chi connectivity index (χ2v) is 5.58. The van der Waals surface area contributed by atoms with Gasteiger partial charge in [0.25, 0.3) is 0 Å². The molecule has 0 rings (SSSR count). The van der Waals surface area contributed by atoms with E-state index in [1.807, 2.05) is 0 Å². The quantitative estimate of drug-likeness (QED) is 0.151. The smallest absolute Gasteiger partial charge is 0.327 e. The van der Waals surface area contributed by atoms with Crippen molar-refractivity contribution in [2.75, 3.05) is 18.9 Å². The van der Waals surface area contributed by atoms with Gasteiger partial charge in [-0.1, -0.05) is 0 Å². The Bertz CT molecular complexity index is 545. The molecule has 0 fully saturated rings. The summed E-state index contributed by atoms with van der Waals surface area (Å²) in [5.74, 6) is -4.53. The van der Waals surface area contributed by atoms with Crippen LogP contribution in [0.5, 0.6) is 0 Å². The van der Waals surface area contributed by atoms with E-state index in [9.17, 15) is 29.1 Å². The van der Waals surface area contributed by atoms with E-state index in [4.69, 9.17) is 16.6 Å². The predicted octanol–water partition coefficient (Wildman–Crippen LogP) is -4.33. The number of primary amides is 1. The molecule has 12 nitrogen and oxygen atoms in total. The van der Waals surface area contributed by atoms with Gasteiger partial charge in [0.15, 0.2) is 0 Å². The van der Waals surface area contributed by atoms with Crippen molar-refractivity contribution in [3.05, 3.63) is 0 Å². The minimum atomic E-state index is -1.38. The van der Waals surface area contributed by atoms with Crippen LogP contribution in [0.15, 0.2) is 0 Å². The topological polar surface area (TPSA) is 214 Å². The molecule has 0 aliphatic carbocycles. The third kappa shape index (κ3) is 9.19. The van der Waals surface area contributed by atoms with Gasteiger partial charge in [-0.15, -0.1) is 0 Å². The molecule has 3 atom stereocenters. The first-order valence-electron chi connectivity index (χ1n) is 7.48. The van der Waals surface area contributed by atoms with E-state index in [1.54, 1.807) is 0 Å². The summed E-state index contributed by atoms with van der Waals surface area (Å²) in [6.45, 7) is -1.34. The minimum absolute atomic E-state index is 0.0381. The number of carboxylic acids is 1. The summed E-state index contributed by atoms with van der Waals surface area (Å²) in [4.78, 5) is 56.7. The van der Waals surface area contributed by atoms with Crippen LogP contribution in [-0.4, -0.2) is 76.8 Å². The molecular formula is C13H23N5O7S. The number of thiol groups is 1. The molecule has 0 aliphatic heterocycles. The maximum absolute atomic E-state index is 11.9. The van der Waals surface area contributed by atoms with Gasteiger partial charge < -0.3 is 37.6 Å². The summed E-state index contributed by atoms with van der Waals surface area (Å²) in [6, 6.07) is -3.71. The second kappa shape index (κ2) is 12.1. The Morgan fingerprint density at radius 3 is 2.12 bits per heavy atom. The van der Waals surface area contributed by atoms with E-state index in [-0.39, 0.29) is 18.6 Å². The molecule has 0 radical (unpaired) electrons. The molecule has 26 heavy (non-hydrogen) atoms. The number of carbonyl (C=O) groups excluding carboxylic acids is 4. The fraction of sp³-hybridized carbons (Fsp3) is 0.615. The first kappa shape index (κ1) is 23.6. The van der Waals surface area contributed by atoms with Gasteiger partial charge in [0.05, 0.1) is 19.2 Å². The number of hydrogen-bond acceptors (Lipinski definition) is 8. The number of rotatable bonds is 12. The fourth-order valence-corrected chi connectivity index (χ4v) is 1.87. The molecule has 0 heterocycles. The Hall–Kier alpha value is -2.38. The zero-order valence-electron chi connectivity index (χ0n) is 13.8. The third-order valence-corrected chi connectivity index (χ3v) is 3.46. The van der Waals surface area contributed by atoms with Gasteiger partial charge in [-0.2, -0.15) is 12.6 Å². The number of carboxylic acid groups (broad SMARTS) is 1. The first-order chi connectivity index (χ1) is 12.1. The molecule has 0 saturated carbocycles. The van der Waals surface area contributed by atoms with E-state index in [0.29, 0.717) is 0 Å². The lowest BCUT2D eigenvalue weighted by Crippen LogP contribution is -2.55. The summed E-state index contributed by atoms with van der Waals surface area (Å²) in [5.41, 5.74) is 10.5. The van der Waals surface area contributed by atoms with E-state index in [1.165, 1.54) is 0 Å². The molecule has 0 aromatic carbocycles. The van der Waals surface area contributed by atoms with Crippen molar-refractivity contribution in [1.82, 2.24) is 16.0 Å². The number of aliphatic carboxylic acids is 1. The number of nitrogens with two attached hydrogens (primary N) is 2. The number of aliphatic hydroxyl groups excluding tert-OH is 1. The fourth-order valence-electron chi connectivity index (χ4n) is 1.62. The number of carbonyl (C=O) groups is 5. The molecule has 3 unspecified atom stereocenters. The molecule has 9 N–H and O–H groups in total. The van der Waals surface area contributed by atoms with Crippen LogP contribution in [-0.2, 0) is 24.0 Å². The maximum Gasteiger partial charge on any atom is 0.327 e. The normalized spacial score (nSPS) is 13.8. The van der Waals surface area contributed by atoms with Gasteiger partial charge in [0.2, 0.25) is 23.6 Å². The summed E-state index contributed by atoms with van der Waals surface area (Å²) in [6.07, 6.45) is -0.162. The zero-order valence-corrected chi connectivity index (χ0v) is 14.7. The molecule has 0 saturated heterocycles. The Kier molecular flexibility index (Phi) is 10.9. The summed E-state index contributed by atoms with van der Waals surface area (Å²) >= 11 is 3.77. The highest BCUT2D eigenvalue weighted by Gasteiger charge is 2.24. The van der Waals surface area contributed by atoms with Gasteiger partial charge >= 0.3 is 5.97 Å².